The van der Waals surface area contributed by atoms with E-state index in [1.165, 1.54) is 30.6 Å². The van der Waals surface area contributed by atoms with E-state index in [1.54, 1.807) is 30.3 Å². The second-order valence-corrected chi connectivity index (χ2v) is 9.75. The molecule has 2 amide bonds. The van der Waals surface area contributed by atoms with Crippen molar-refractivity contribution in [3.63, 3.8) is 0 Å². The molecule has 8 heteroatoms. The second-order valence-electron chi connectivity index (χ2n) is 7.02. The summed E-state index contributed by atoms with van der Waals surface area (Å²) in [5.74, 6) is 2.61. The van der Waals surface area contributed by atoms with Gasteiger partial charge in [0.2, 0.25) is 0 Å². The molecule has 1 fully saturated rings. The molecule has 0 unspecified atom stereocenters. The van der Waals surface area contributed by atoms with E-state index < -0.39 is 5.91 Å². The number of thioether (sulfide) groups is 2. The third-order valence-electron chi connectivity index (χ3n) is 4.74. The third-order valence-corrected chi connectivity index (χ3v) is 7.76. The molecular formula is C23H28N2O4S2. The highest BCUT2D eigenvalue weighted by Gasteiger charge is 2.17. The summed E-state index contributed by atoms with van der Waals surface area (Å²) in [7, 11) is 1.53. The molecule has 0 aliphatic carbocycles. The maximum Gasteiger partial charge on any atom is 0.269 e. The first-order valence-electron chi connectivity index (χ1n) is 10.4. The van der Waals surface area contributed by atoms with Gasteiger partial charge in [-0.3, -0.25) is 20.4 Å². The van der Waals surface area contributed by atoms with Crippen LogP contribution in [0, 0.1) is 0 Å². The number of rotatable bonds is 8. The van der Waals surface area contributed by atoms with Crippen LogP contribution in [0.15, 0.2) is 42.5 Å². The van der Waals surface area contributed by atoms with Gasteiger partial charge in [-0.15, -0.1) is 23.5 Å². The highest BCUT2D eigenvalue weighted by molar-refractivity contribution is 8.16. The van der Waals surface area contributed by atoms with Crippen LogP contribution in [0.5, 0.6) is 11.5 Å². The Labute approximate surface area is 191 Å². The van der Waals surface area contributed by atoms with Crippen molar-refractivity contribution in [1.82, 2.24) is 10.9 Å². The minimum Gasteiger partial charge on any atom is -0.493 e. The maximum atomic E-state index is 12.5. The van der Waals surface area contributed by atoms with Gasteiger partial charge < -0.3 is 9.47 Å². The number of carbonyl (C=O) groups excluding carboxylic acids is 2. The number of hydrazine groups is 1. The Morgan fingerprint density at radius 2 is 1.61 bits per heavy atom. The Balaban J connectivity index is 1.55. The molecular weight excluding hydrogens is 432 g/mol. The third kappa shape index (κ3) is 6.58. The first-order valence-corrected chi connectivity index (χ1v) is 12.5. The molecule has 1 saturated heterocycles. The number of methoxy groups -OCH3 is 1. The van der Waals surface area contributed by atoms with E-state index in [1.807, 2.05) is 35.7 Å². The number of carbonyl (C=O) groups is 2. The number of benzene rings is 2. The summed E-state index contributed by atoms with van der Waals surface area (Å²) in [5, 5.41) is 0. The Hall–Kier alpha value is -2.32. The molecule has 2 aromatic rings. The van der Waals surface area contributed by atoms with Gasteiger partial charge in [0.25, 0.3) is 11.8 Å². The summed E-state index contributed by atoms with van der Waals surface area (Å²) >= 11 is 3.88. The van der Waals surface area contributed by atoms with E-state index in [0.717, 1.165) is 12.8 Å². The number of ether oxygens (including phenoxy) is 2. The lowest BCUT2D eigenvalue weighted by Gasteiger charge is -2.21. The predicted molar refractivity (Wildman–Crippen MR) is 127 cm³/mol. The van der Waals surface area contributed by atoms with Crippen LogP contribution in [-0.4, -0.2) is 37.0 Å². The van der Waals surface area contributed by atoms with Crippen molar-refractivity contribution in [3.05, 3.63) is 59.2 Å². The lowest BCUT2D eigenvalue weighted by atomic mass is 10.1. The molecule has 1 aliphatic heterocycles. The molecule has 0 radical (unpaired) electrons. The fourth-order valence-corrected chi connectivity index (χ4v) is 5.88. The van der Waals surface area contributed by atoms with E-state index in [2.05, 4.69) is 17.8 Å². The summed E-state index contributed by atoms with van der Waals surface area (Å²) < 4.78 is 11.4. The molecule has 0 atom stereocenters. The molecule has 2 N–H and O–H groups in total. The smallest absolute Gasteiger partial charge is 0.269 e. The molecule has 0 saturated carbocycles. The number of nitrogens with one attached hydrogen (secondary N) is 2. The van der Waals surface area contributed by atoms with Gasteiger partial charge >= 0.3 is 0 Å². The maximum absolute atomic E-state index is 12.5. The van der Waals surface area contributed by atoms with Gasteiger partial charge in [-0.1, -0.05) is 25.5 Å². The molecule has 1 aliphatic rings. The standard InChI is InChI=1S/C23H28N2O4S2/c1-3-4-12-29-19-11-10-18(15-20(19)28-2)22(27)25-24-21(26)16-6-8-17(9-7-16)23-30-13-5-14-31-23/h6-11,15,23H,3-5,12-14H2,1-2H3,(H,24,26)(H,25,27). The molecule has 6 nitrogen and oxygen atoms in total. The Morgan fingerprint density at radius 3 is 2.26 bits per heavy atom. The van der Waals surface area contributed by atoms with Crippen LogP contribution in [-0.2, 0) is 0 Å². The minimum absolute atomic E-state index is 0.363. The Morgan fingerprint density at radius 1 is 0.968 bits per heavy atom. The topological polar surface area (TPSA) is 76.7 Å². The number of amides is 2. The average molecular weight is 461 g/mol. The summed E-state index contributed by atoms with van der Waals surface area (Å²) in [6, 6.07) is 12.5. The Bertz CT molecular complexity index is 884. The van der Waals surface area contributed by atoms with E-state index in [0.29, 0.717) is 33.8 Å². The highest BCUT2D eigenvalue weighted by Crippen LogP contribution is 2.43. The zero-order valence-corrected chi connectivity index (χ0v) is 19.4. The predicted octanol–water partition coefficient (Wildman–Crippen LogP) is 4.82. The fourth-order valence-electron chi connectivity index (χ4n) is 2.98. The van der Waals surface area contributed by atoms with Gasteiger partial charge in [-0.05, 0) is 60.2 Å². The van der Waals surface area contributed by atoms with Gasteiger partial charge in [0.05, 0.1) is 18.3 Å². The monoisotopic (exact) mass is 460 g/mol. The van der Waals surface area contributed by atoms with Gasteiger partial charge in [-0.2, -0.15) is 0 Å². The van der Waals surface area contributed by atoms with E-state index in [-0.39, 0.29) is 5.91 Å². The van der Waals surface area contributed by atoms with Gasteiger partial charge in [-0.25, -0.2) is 0 Å². The largest absolute Gasteiger partial charge is 0.493 e. The van der Waals surface area contributed by atoms with Crippen LogP contribution in [0.1, 0.15) is 57.0 Å². The summed E-state index contributed by atoms with van der Waals surface area (Å²) in [4.78, 5) is 24.9. The molecule has 31 heavy (non-hydrogen) atoms. The number of unbranched alkanes of at least 4 members (excludes halogenated alkanes) is 1. The lowest BCUT2D eigenvalue weighted by molar-refractivity contribution is 0.0846. The average Bonchev–Trinajstić information content (AvgIpc) is 2.83. The first kappa shape index (κ1) is 23.3. The molecule has 3 rings (SSSR count). The van der Waals surface area contributed by atoms with Gasteiger partial charge in [0.15, 0.2) is 11.5 Å². The van der Waals surface area contributed by atoms with Crippen LogP contribution < -0.4 is 20.3 Å². The summed E-state index contributed by atoms with van der Waals surface area (Å²) in [6.45, 7) is 2.68. The number of hydrogen-bond acceptors (Lipinski definition) is 6. The van der Waals surface area contributed by atoms with Crippen molar-refractivity contribution in [1.29, 1.82) is 0 Å². The summed E-state index contributed by atoms with van der Waals surface area (Å²) in [6.07, 6.45) is 3.22. The zero-order chi connectivity index (χ0) is 22.1. The van der Waals surface area contributed by atoms with Crippen LogP contribution >= 0.6 is 23.5 Å². The lowest BCUT2D eigenvalue weighted by Crippen LogP contribution is -2.41. The van der Waals surface area contributed by atoms with E-state index in [9.17, 15) is 9.59 Å². The molecule has 0 bridgehead atoms. The molecule has 0 aromatic heterocycles. The van der Waals surface area contributed by atoms with Gasteiger partial charge in [0, 0.05) is 11.1 Å². The fraction of sp³-hybridized carbons (Fsp3) is 0.391. The SMILES string of the molecule is CCCCOc1ccc(C(=O)NNC(=O)c2ccc(C3SCCCS3)cc2)cc1OC. The van der Waals surface area contributed by atoms with Crippen LogP contribution in [0.3, 0.4) is 0 Å². The van der Waals surface area contributed by atoms with Crippen LogP contribution in [0.25, 0.3) is 0 Å². The van der Waals surface area contributed by atoms with Crippen molar-refractivity contribution in [2.24, 2.45) is 0 Å². The van der Waals surface area contributed by atoms with E-state index >= 15 is 0 Å². The van der Waals surface area contributed by atoms with Crippen molar-refractivity contribution in [2.45, 2.75) is 30.8 Å². The van der Waals surface area contributed by atoms with Gasteiger partial charge in [0.1, 0.15) is 0 Å². The van der Waals surface area contributed by atoms with Crippen molar-refractivity contribution >= 4 is 35.3 Å². The quantitative estimate of drug-likeness (QED) is 0.435. The van der Waals surface area contributed by atoms with Crippen LogP contribution in [0.2, 0.25) is 0 Å². The Kier molecular flexibility index (Phi) is 8.97. The number of hydrogen-bond donors (Lipinski definition) is 2. The van der Waals surface area contributed by atoms with Crippen LogP contribution in [0.4, 0.5) is 0 Å². The summed E-state index contributed by atoms with van der Waals surface area (Å²) in [5.41, 5.74) is 6.99. The zero-order valence-electron chi connectivity index (χ0n) is 17.8. The molecule has 1 heterocycles. The van der Waals surface area contributed by atoms with Crippen molar-refractivity contribution in [3.8, 4) is 11.5 Å². The molecule has 2 aromatic carbocycles. The normalized spacial score (nSPS) is 14.0. The second kappa shape index (κ2) is 11.9. The minimum atomic E-state index is -0.432. The first-order chi connectivity index (χ1) is 15.1. The van der Waals surface area contributed by atoms with E-state index in [4.69, 9.17) is 9.47 Å². The molecule has 0 spiro atoms. The van der Waals surface area contributed by atoms with Crippen molar-refractivity contribution < 1.29 is 19.1 Å². The highest BCUT2D eigenvalue weighted by atomic mass is 32.2. The molecule has 166 valence electrons. The van der Waals surface area contributed by atoms with Crippen molar-refractivity contribution in [2.75, 3.05) is 25.2 Å².